The highest BCUT2D eigenvalue weighted by Gasteiger charge is 2.52. The average Bonchev–Trinajstić information content (AvgIpc) is 3.43. The maximum Gasteiger partial charge on any atom is 0.318 e. The zero-order valence-electron chi connectivity index (χ0n) is 19.4. The Labute approximate surface area is 193 Å². The van der Waals surface area contributed by atoms with Crippen LogP contribution in [0.2, 0.25) is 0 Å². The van der Waals surface area contributed by atoms with E-state index in [0.717, 1.165) is 63.4 Å². The van der Waals surface area contributed by atoms with Crippen molar-refractivity contribution in [2.24, 2.45) is 0 Å². The number of rotatable bonds is 7. The number of ether oxygens (including phenoxy) is 2. The van der Waals surface area contributed by atoms with Gasteiger partial charge in [-0.2, -0.15) is 0 Å². The van der Waals surface area contributed by atoms with Gasteiger partial charge < -0.3 is 23.9 Å². The van der Waals surface area contributed by atoms with Gasteiger partial charge in [-0.1, -0.05) is 5.10 Å². The van der Waals surface area contributed by atoms with Crippen LogP contribution in [0.25, 0.3) is 0 Å². The molecule has 5 rings (SSSR count). The summed E-state index contributed by atoms with van der Waals surface area (Å²) in [6.07, 6.45) is 4.81. The van der Waals surface area contributed by atoms with Crippen molar-refractivity contribution in [2.75, 3.05) is 44.3 Å². The van der Waals surface area contributed by atoms with E-state index in [1.807, 2.05) is 0 Å². The molecule has 1 spiro atoms. The Hall–Kier alpha value is -2.23. The van der Waals surface area contributed by atoms with Crippen LogP contribution < -0.4 is 9.64 Å². The van der Waals surface area contributed by atoms with Crippen molar-refractivity contribution in [1.82, 2.24) is 15.1 Å². The molecule has 4 heterocycles. The van der Waals surface area contributed by atoms with E-state index in [0.29, 0.717) is 25.1 Å². The van der Waals surface area contributed by atoms with Gasteiger partial charge in [0.05, 0.1) is 31.9 Å². The van der Waals surface area contributed by atoms with Gasteiger partial charge in [-0.25, -0.2) is 4.39 Å². The van der Waals surface area contributed by atoms with Crippen LogP contribution in [-0.4, -0.2) is 76.8 Å². The zero-order chi connectivity index (χ0) is 23.1. The first-order valence-electron chi connectivity index (χ1n) is 11.8. The summed E-state index contributed by atoms with van der Waals surface area (Å²) in [7, 11) is 0. The molecular formula is C24H33FN4O4. The molecule has 1 N–H and O–H groups in total. The molecule has 2 aromatic rings. The molecule has 0 aliphatic carbocycles. The summed E-state index contributed by atoms with van der Waals surface area (Å²) in [4.78, 5) is 4.58. The third-order valence-electron chi connectivity index (χ3n) is 7.20. The molecule has 0 amide bonds. The maximum absolute atomic E-state index is 14.1. The normalized spacial score (nSPS) is 23.8. The van der Waals surface area contributed by atoms with Gasteiger partial charge in [-0.3, -0.25) is 4.90 Å². The fourth-order valence-corrected chi connectivity index (χ4v) is 5.32. The summed E-state index contributed by atoms with van der Waals surface area (Å²) in [6, 6.07) is 5.76. The Morgan fingerprint density at radius 1 is 1.27 bits per heavy atom. The molecule has 0 bridgehead atoms. The molecule has 1 atom stereocenters. The maximum atomic E-state index is 14.1. The summed E-state index contributed by atoms with van der Waals surface area (Å²) in [6.45, 7) is 8.18. The van der Waals surface area contributed by atoms with Crippen molar-refractivity contribution in [3.63, 3.8) is 0 Å². The van der Waals surface area contributed by atoms with Crippen LogP contribution in [0.3, 0.4) is 0 Å². The molecule has 1 aromatic heterocycles. The Balaban J connectivity index is 1.15. The van der Waals surface area contributed by atoms with Crippen molar-refractivity contribution < 1.29 is 23.4 Å². The predicted octanol–water partition coefficient (Wildman–Crippen LogP) is 2.98. The highest BCUT2D eigenvalue weighted by molar-refractivity contribution is 5.37. The van der Waals surface area contributed by atoms with E-state index in [-0.39, 0.29) is 17.3 Å². The van der Waals surface area contributed by atoms with Gasteiger partial charge in [0.1, 0.15) is 17.2 Å². The number of halogens is 1. The molecule has 9 heteroatoms. The second-order valence-electron chi connectivity index (χ2n) is 10.3. The molecule has 3 aliphatic rings. The summed E-state index contributed by atoms with van der Waals surface area (Å²) in [5.74, 6) is 0.768. The summed E-state index contributed by atoms with van der Waals surface area (Å²) < 4.78 is 31.5. The Morgan fingerprint density at radius 2 is 2.06 bits per heavy atom. The Bertz CT molecular complexity index is 934. The fourth-order valence-electron chi connectivity index (χ4n) is 5.32. The van der Waals surface area contributed by atoms with Crippen molar-refractivity contribution >= 4 is 6.01 Å². The van der Waals surface area contributed by atoms with Crippen LogP contribution in [0.1, 0.15) is 51.0 Å². The second-order valence-corrected chi connectivity index (χ2v) is 10.3. The molecule has 3 saturated heterocycles. The topological polar surface area (TPSA) is 84.1 Å². The molecule has 0 saturated carbocycles. The quantitative estimate of drug-likeness (QED) is 0.675. The number of piperidine rings is 1. The number of hydrogen-bond donors (Lipinski definition) is 1. The first kappa shape index (κ1) is 22.6. The largest absolute Gasteiger partial charge is 0.493 e. The molecule has 33 heavy (non-hydrogen) atoms. The summed E-state index contributed by atoms with van der Waals surface area (Å²) in [5.41, 5.74) is 0.0495. The van der Waals surface area contributed by atoms with Crippen LogP contribution in [0.4, 0.5) is 10.4 Å². The lowest BCUT2D eigenvalue weighted by Crippen LogP contribution is -2.62. The average molecular weight is 461 g/mol. The predicted molar refractivity (Wildman–Crippen MR) is 120 cm³/mol. The lowest BCUT2D eigenvalue weighted by molar-refractivity contribution is -0.0216. The highest BCUT2D eigenvalue weighted by Crippen LogP contribution is 2.41. The van der Waals surface area contributed by atoms with Gasteiger partial charge in [-0.05, 0) is 70.3 Å². The summed E-state index contributed by atoms with van der Waals surface area (Å²) in [5, 5.41) is 17.7. The number of benzene rings is 1. The monoisotopic (exact) mass is 460 g/mol. The van der Waals surface area contributed by atoms with Crippen LogP contribution in [0.5, 0.6) is 5.75 Å². The van der Waals surface area contributed by atoms with Gasteiger partial charge in [0.2, 0.25) is 6.39 Å². The van der Waals surface area contributed by atoms with E-state index in [9.17, 15) is 9.50 Å². The first-order chi connectivity index (χ1) is 15.8. The Kier molecular flexibility index (Phi) is 6.05. The van der Waals surface area contributed by atoms with Crippen LogP contribution in [0, 0.1) is 5.82 Å². The molecule has 180 valence electrons. The number of hydrogen-bond acceptors (Lipinski definition) is 8. The van der Waals surface area contributed by atoms with Gasteiger partial charge >= 0.3 is 6.01 Å². The van der Waals surface area contributed by atoms with E-state index >= 15 is 0 Å². The standard InChI is InChI=1S/C24H33FN4O4/c1-23(2,30)7-10-31-21-4-3-18(25)11-20(21)17-5-8-28(9-6-17)19-12-24(33-13-19)14-29(15-24)22-27-26-16-32-22/h3-4,11,16-17,19,30H,5-10,12-15H2,1-2H3/t19-/m0/s1. The number of aliphatic hydroxyl groups is 1. The molecule has 3 aliphatic heterocycles. The molecule has 3 fully saturated rings. The zero-order valence-corrected chi connectivity index (χ0v) is 19.4. The van der Waals surface area contributed by atoms with Crippen LogP contribution in [-0.2, 0) is 4.74 Å². The minimum absolute atomic E-state index is 0.111. The molecule has 8 nitrogen and oxygen atoms in total. The van der Waals surface area contributed by atoms with Crippen LogP contribution >= 0.6 is 0 Å². The minimum atomic E-state index is -0.783. The number of aromatic nitrogens is 2. The van der Waals surface area contributed by atoms with E-state index < -0.39 is 5.60 Å². The molecular weight excluding hydrogens is 427 g/mol. The lowest BCUT2D eigenvalue weighted by atomic mass is 9.86. The van der Waals surface area contributed by atoms with Crippen molar-refractivity contribution in [1.29, 1.82) is 0 Å². The fraction of sp³-hybridized carbons (Fsp3) is 0.667. The van der Waals surface area contributed by atoms with Crippen molar-refractivity contribution in [3.8, 4) is 5.75 Å². The lowest BCUT2D eigenvalue weighted by Gasteiger charge is -2.46. The van der Waals surface area contributed by atoms with Gasteiger partial charge in [0.25, 0.3) is 0 Å². The van der Waals surface area contributed by atoms with E-state index in [2.05, 4.69) is 20.0 Å². The SMILES string of the molecule is CC(C)(O)CCOc1ccc(F)cc1C1CCN([C@@H]2COC3(C2)CN(c2nnco2)C3)CC1. The first-order valence-corrected chi connectivity index (χ1v) is 11.8. The minimum Gasteiger partial charge on any atom is -0.493 e. The van der Waals surface area contributed by atoms with E-state index in [1.54, 1.807) is 26.0 Å². The van der Waals surface area contributed by atoms with Gasteiger partial charge in [0, 0.05) is 18.0 Å². The number of nitrogens with zero attached hydrogens (tertiary/aromatic N) is 4. The molecule has 0 radical (unpaired) electrons. The third kappa shape index (κ3) is 5.00. The van der Waals surface area contributed by atoms with Gasteiger partial charge in [0.15, 0.2) is 0 Å². The summed E-state index contributed by atoms with van der Waals surface area (Å²) >= 11 is 0. The van der Waals surface area contributed by atoms with Crippen LogP contribution in [0.15, 0.2) is 29.0 Å². The third-order valence-corrected chi connectivity index (χ3v) is 7.20. The van der Waals surface area contributed by atoms with E-state index in [4.69, 9.17) is 13.9 Å². The number of anilines is 1. The number of likely N-dealkylation sites (tertiary alicyclic amines) is 1. The Morgan fingerprint density at radius 3 is 2.76 bits per heavy atom. The smallest absolute Gasteiger partial charge is 0.318 e. The van der Waals surface area contributed by atoms with Gasteiger partial charge in [-0.15, -0.1) is 5.10 Å². The molecule has 0 unspecified atom stereocenters. The van der Waals surface area contributed by atoms with Crippen molar-refractivity contribution in [3.05, 3.63) is 36.0 Å². The molecule has 1 aromatic carbocycles. The highest BCUT2D eigenvalue weighted by atomic mass is 19.1. The van der Waals surface area contributed by atoms with E-state index in [1.165, 1.54) is 12.5 Å². The van der Waals surface area contributed by atoms with Crippen molar-refractivity contribution in [2.45, 2.75) is 62.7 Å². The second kappa shape index (κ2) is 8.85.